The van der Waals surface area contributed by atoms with Crippen molar-refractivity contribution in [2.75, 3.05) is 5.32 Å². The van der Waals surface area contributed by atoms with Gasteiger partial charge in [0.05, 0.1) is 11.3 Å². The van der Waals surface area contributed by atoms with Gasteiger partial charge in [0, 0.05) is 10.7 Å². The van der Waals surface area contributed by atoms with Crippen LogP contribution in [0.15, 0.2) is 59.4 Å². The lowest BCUT2D eigenvalue weighted by Crippen LogP contribution is -2.29. The van der Waals surface area contributed by atoms with Crippen molar-refractivity contribution in [2.45, 2.75) is 13.1 Å². The van der Waals surface area contributed by atoms with Crippen molar-refractivity contribution in [3.63, 3.8) is 0 Å². The molecule has 2 heterocycles. The summed E-state index contributed by atoms with van der Waals surface area (Å²) in [5.74, 6) is -0.809. The van der Waals surface area contributed by atoms with Crippen LogP contribution in [0.4, 0.5) is 18.9 Å². The maximum absolute atomic E-state index is 13.7. The molecule has 0 spiro atoms. The van der Waals surface area contributed by atoms with E-state index in [4.69, 9.17) is 11.6 Å². The zero-order valence-electron chi connectivity index (χ0n) is 15.9. The van der Waals surface area contributed by atoms with Crippen molar-refractivity contribution in [1.82, 2.24) is 14.6 Å². The van der Waals surface area contributed by atoms with E-state index in [2.05, 4.69) is 15.4 Å². The van der Waals surface area contributed by atoms with E-state index in [0.29, 0.717) is 15.2 Å². The van der Waals surface area contributed by atoms with E-state index in [1.807, 2.05) is 0 Å². The molecule has 0 radical (unpaired) electrons. The molecule has 4 rings (SSSR count). The summed E-state index contributed by atoms with van der Waals surface area (Å²) < 4.78 is 41.8. The highest BCUT2D eigenvalue weighted by molar-refractivity contribution is 6.31. The number of nitrogens with one attached hydrogen (secondary N) is 2. The first-order chi connectivity index (χ1) is 14.7. The molecule has 0 aliphatic heterocycles. The van der Waals surface area contributed by atoms with Crippen LogP contribution in [-0.2, 0) is 6.18 Å². The normalized spacial score (nSPS) is 11.6. The van der Waals surface area contributed by atoms with Gasteiger partial charge in [0.1, 0.15) is 11.3 Å². The van der Waals surface area contributed by atoms with Crippen molar-refractivity contribution in [3.8, 4) is 11.1 Å². The maximum Gasteiger partial charge on any atom is 0.433 e. The largest absolute Gasteiger partial charge is 0.433 e. The molecule has 0 saturated carbocycles. The predicted molar refractivity (Wildman–Crippen MR) is 110 cm³/mol. The SMILES string of the molecule is Cc1nc2c(-c3ccccc3)c(C(F)(F)F)[nH]n2c(=O)c1C(=O)Nc1cccc(Cl)c1. The molecule has 0 aliphatic rings. The standard InChI is InChI=1S/C21H14ClF3N4O2/c1-11-15(19(30)27-14-9-5-8-13(22)10-14)20(31)29-18(26-11)16(12-6-3-2-4-7-12)17(28-29)21(23,24)25/h2-10,28H,1H3,(H,27,30). The van der Waals surface area contributed by atoms with E-state index in [1.165, 1.54) is 25.1 Å². The van der Waals surface area contributed by atoms with E-state index >= 15 is 0 Å². The zero-order chi connectivity index (χ0) is 22.3. The quantitative estimate of drug-likeness (QED) is 0.468. The van der Waals surface area contributed by atoms with Crippen LogP contribution < -0.4 is 10.9 Å². The van der Waals surface area contributed by atoms with Gasteiger partial charge in [-0.3, -0.25) is 14.7 Å². The van der Waals surface area contributed by atoms with Gasteiger partial charge in [0.25, 0.3) is 11.5 Å². The lowest BCUT2D eigenvalue weighted by Gasteiger charge is -2.08. The Bertz CT molecular complexity index is 1360. The number of benzene rings is 2. The molecule has 0 aliphatic carbocycles. The summed E-state index contributed by atoms with van der Waals surface area (Å²) in [5.41, 5.74) is -2.40. The summed E-state index contributed by atoms with van der Waals surface area (Å²) >= 11 is 5.90. The average molecular weight is 447 g/mol. The second kappa shape index (κ2) is 7.59. The molecule has 2 N–H and O–H groups in total. The number of anilines is 1. The van der Waals surface area contributed by atoms with E-state index in [-0.39, 0.29) is 28.0 Å². The predicted octanol–water partition coefficient (Wildman–Crippen LogP) is 4.92. The summed E-state index contributed by atoms with van der Waals surface area (Å²) in [6.45, 7) is 1.39. The monoisotopic (exact) mass is 446 g/mol. The number of hydrogen-bond acceptors (Lipinski definition) is 3. The fourth-order valence-corrected chi connectivity index (χ4v) is 3.47. The molecule has 0 fully saturated rings. The Balaban J connectivity index is 1.91. The minimum Gasteiger partial charge on any atom is -0.322 e. The summed E-state index contributed by atoms with van der Waals surface area (Å²) in [7, 11) is 0. The average Bonchev–Trinajstić information content (AvgIpc) is 3.09. The fourth-order valence-electron chi connectivity index (χ4n) is 3.28. The molecule has 4 aromatic rings. The molecule has 10 heteroatoms. The first kappa shape index (κ1) is 20.7. The number of halogens is 4. The van der Waals surface area contributed by atoms with Crippen LogP contribution in [0.3, 0.4) is 0 Å². The number of aromatic amines is 1. The zero-order valence-corrected chi connectivity index (χ0v) is 16.7. The summed E-state index contributed by atoms with van der Waals surface area (Å²) in [6.07, 6.45) is -4.78. The molecule has 2 aromatic heterocycles. The number of aryl methyl sites for hydroxylation is 1. The lowest BCUT2D eigenvalue weighted by molar-refractivity contribution is -0.140. The molecule has 0 unspecified atom stereocenters. The van der Waals surface area contributed by atoms with Crippen molar-refractivity contribution < 1.29 is 18.0 Å². The van der Waals surface area contributed by atoms with E-state index in [9.17, 15) is 22.8 Å². The minimum absolute atomic E-state index is 0.00515. The number of fused-ring (bicyclic) bond motifs is 1. The number of carbonyl (C=O) groups is 1. The number of H-pyrrole nitrogens is 1. The van der Waals surface area contributed by atoms with Crippen molar-refractivity contribution in [1.29, 1.82) is 0 Å². The van der Waals surface area contributed by atoms with Gasteiger partial charge in [-0.05, 0) is 30.7 Å². The van der Waals surface area contributed by atoms with E-state index in [0.717, 1.165) is 0 Å². The summed E-state index contributed by atoms with van der Waals surface area (Å²) in [6, 6.07) is 14.0. The number of alkyl halides is 3. The Hall–Kier alpha value is -3.59. The van der Waals surface area contributed by atoms with Gasteiger partial charge in [-0.2, -0.15) is 17.7 Å². The van der Waals surface area contributed by atoms with Crippen LogP contribution in [-0.4, -0.2) is 20.5 Å². The fraction of sp³-hybridized carbons (Fsp3) is 0.0952. The first-order valence-electron chi connectivity index (χ1n) is 9.01. The number of hydrogen-bond donors (Lipinski definition) is 2. The Kier molecular flexibility index (Phi) is 5.06. The molecular formula is C21H14ClF3N4O2. The number of amides is 1. The third kappa shape index (κ3) is 3.79. The van der Waals surface area contributed by atoms with Gasteiger partial charge in [0.15, 0.2) is 5.65 Å². The minimum atomic E-state index is -4.78. The van der Waals surface area contributed by atoms with Gasteiger partial charge in [-0.25, -0.2) is 4.98 Å². The molecule has 1 amide bonds. The third-order valence-corrected chi connectivity index (χ3v) is 4.85. The molecule has 0 atom stereocenters. The smallest absolute Gasteiger partial charge is 0.322 e. The number of nitrogens with zero attached hydrogens (tertiary/aromatic N) is 2. The van der Waals surface area contributed by atoms with Gasteiger partial charge in [-0.15, -0.1) is 0 Å². The molecule has 0 saturated heterocycles. The van der Waals surface area contributed by atoms with Crippen molar-refractivity contribution in [2.24, 2.45) is 0 Å². The number of rotatable bonds is 3. The highest BCUT2D eigenvalue weighted by atomic mass is 35.5. The first-order valence-corrected chi connectivity index (χ1v) is 9.39. The van der Waals surface area contributed by atoms with Crippen LogP contribution in [0.1, 0.15) is 21.7 Å². The van der Waals surface area contributed by atoms with Gasteiger partial charge < -0.3 is 5.32 Å². The lowest BCUT2D eigenvalue weighted by atomic mass is 10.1. The Morgan fingerprint density at radius 2 is 1.84 bits per heavy atom. The second-order valence-corrected chi connectivity index (χ2v) is 7.16. The molecule has 6 nitrogen and oxygen atoms in total. The second-order valence-electron chi connectivity index (χ2n) is 6.73. The van der Waals surface area contributed by atoms with Crippen molar-refractivity contribution >= 4 is 28.8 Å². The summed E-state index contributed by atoms with van der Waals surface area (Å²) in [4.78, 5) is 29.9. The maximum atomic E-state index is 13.7. The highest BCUT2D eigenvalue weighted by Gasteiger charge is 2.38. The van der Waals surface area contributed by atoms with Crippen LogP contribution in [0.5, 0.6) is 0 Å². The van der Waals surface area contributed by atoms with Crippen LogP contribution in [0, 0.1) is 6.92 Å². The Morgan fingerprint density at radius 1 is 1.13 bits per heavy atom. The molecule has 31 heavy (non-hydrogen) atoms. The molecule has 2 aromatic carbocycles. The molecular weight excluding hydrogens is 433 g/mol. The molecule has 0 bridgehead atoms. The van der Waals surface area contributed by atoms with Crippen molar-refractivity contribution in [3.05, 3.63) is 86.9 Å². The topological polar surface area (TPSA) is 79.3 Å². The van der Waals surface area contributed by atoms with E-state index in [1.54, 1.807) is 36.4 Å². The van der Waals surface area contributed by atoms with Crippen LogP contribution in [0.2, 0.25) is 5.02 Å². The third-order valence-electron chi connectivity index (χ3n) is 4.62. The molecule has 158 valence electrons. The number of aromatic nitrogens is 3. The van der Waals surface area contributed by atoms with Gasteiger partial charge in [-0.1, -0.05) is 48.0 Å². The van der Waals surface area contributed by atoms with E-state index < -0.39 is 23.3 Å². The van der Waals surface area contributed by atoms with Crippen LogP contribution >= 0.6 is 11.6 Å². The summed E-state index contributed by atoms with van der Waals surface area (Å²) in [5, 5.41) is 4.96. The number of carbonyl (C=O) groups excluding carboxylic acids is 1. The Morgan fingerprint density at radius 3 is 2.48 bits per heavy atom. The Labute approximate surface area is 178 Å². The van der Waals surface area contributed by atoms with Gasteiger partial charge in [0.2, 0.25) is 0 Å². The van der Waals surface area contributed by atoms with Crippen LogP contribution in [0.25, 0.3) is 16.8 Å². The van der Waals surface area contributed by atoms with Gasteiger partial charge >= 0.3 is 6.18 Å². The highest BCUT2D eigenvalue weighted by Crippen LogP contribution is 2.38.